The number of hydrogen-bond donors (Lipinski definition) is 1. The highest BCUT2D eigenvalue weighted by atomic mass is 16.2. The van der Waals surface area contributed by atoms with Gasteiger partial charge in [0.1, 0.15) is 5.82 Å². The Bertz CT molecular complexity index is 929. The molecule has 1 amide bonds. The lowest BCUT2D eigenvalue weighted by Gasteiger charge is -2.32. The molecular weight excluding hydrogens is 324 g/mol. The molecule has 1 unspecified atom stereocenters. The lowest BCUT2D eigenvalue weighted by molar-refractivity contribution is -0.131. The maximum Gasteiger partial charge on any atom is 0.227 e. The van der Waals surface area contributed by atoms with Gasteiger partial charge >= 0.3 is 0 Å². The zero-order valence-electron chi connectivity index (χ0n) is 15.3. The van der Waals surface area contributed by atoms with Gasteiger partial charge in [0, 0.05) is 30.9 Å². The molecule has 0 spiro atoms. The quantitative estimate of drug-likeness (QED) is 0.788. The van der Waals surface area contributed by atoms with Crippen molar-refractivity contribution >= 4 is 16.9 Å². The monoisotopic (exact) mass is 348 g/mol. The molecular formula is C21H24N4O. The van der Waals surface area contributed by atoms with Crippen LogP contribution in [0.5, 0.6) is 0 Å². The minimum Gasteiger partial charge on any atom is -0.342 e. The standard InChI is InChI=1S/C21H24N4O/c1-14-5-8-18-19(10-14)24-21(23-18)17-4-3-9-25(13-17)20(26)11-16-7-6-15(2)22-12-16/h5-8,10,12,17H,3-4,9,11,13H2,1-2H3,(H,23,24). The number of carbonyl (C=O) groups is 1. The zero-order chi connectivity index (χ0) is 18.1. The first-order chi connectivity index (χ1) is 12.6. The minimum absolute atomic E-state index is 0.173. The van der Waals surface area contributed by atoms with E-state index >= 15 is 0 Å². The summed E-state index contributed by atoms with van der Waals surface area (Å²) in [5.41, 5.74) is 5.25. The molecule has 0 aliphatic carbocycles. The number of nitrogens with zero attached hydrogens (tertiary/aromatic N) is 3. The predicted octanol–water partition coefficient (Wildman–Crippen LogP) is 3.52. The van der Waals surface area contributed by atoms with E-state index in [9.17, 15) is 4.79 Å². The molecule has 1 aromatic carbocycles. The maximum atomic E-state index is 12.7. The number of imidazole rings is 1. The van der Waals surface area contributed by atoms with Crippen LogP contribution < -0.4 is 0 Å². The summed E-state index contributed by atoms with van der Waals surface area (Å²) in [6.45, 7) is 5.60. The van der Waals surface area contributed by atoms with Crippen LogP contribution >= 0.6 is 0 Å². The first-order valence-electron chi connectivity index (χ1n) is 9.24. The van der Waals surface area contributed by atoms with E-state index in [-0.39, 0.29) is 11.8 Å². The summed E-state index contributed by atoms with van der Waals surface area (Å²) in [5, 5.41) is 0. The third kappa shape index (κ3) is 3.47. The van der Waals surface area contributed by atoms with Crippen molar-refractivity contribution in [2.45, 2.75) is 39.0 Å². The van der Waals surface area contributed by atoms with Gasteiger partial charge in [-0.1, -0.05) is 12.1 Å². The molecule has 0 radical (unpaired) electrons. The Morgan fingerprint density at radius 2 is 2.15 bits per heavy atom. The van der Waals surface area contributed by atoms with E-state index in [1.54, 1.807) is 6.20 Å². The van der Waals surface area contributed by atoms with Crippen LogP contribution in [-0.4, -0.2) is 38.8 Å². The average molecular weight is 348 g/mol. The fraction of sp³-hybridized carbons (Fsp3) is 0.381. The number of aromatic nitrogens is 3. The van der Waals surface area contributed by atoms with Crippen molar-refractivity contribution in [2.24, 2.45) is 0 Å². The summed E-state index contributed by atoms with van der Waals surface area (Å²) < 4.78 is 0. The summed E-state index contributed by atoms with van der Waals surface area (Å²) in [5.74, 6) is 1.45. The highest BCUT2D eigenvalue weighted by Gasteiger charge is 2.26. The Morgan fingerprint density at radius 3 is 2.96 bits per heavy atom. The topological polar surface area (TPSA) is 61.9 Å². The fourth-order valence-corrected chi connectivity index (χ4v) is 3.65. The van der Waals surface area contributed by atoms with Crippen molar-refractivity contribution in [3.8, 4) is 0 Å². The molecule has 5 nitrogen and oxygen atoms in total. The summed E-state index contributed by atoms with van der Waals surface area (Å²) in [6.07, 6.45) is 4.29. The summed E-state index contributed by atoms with van der Waals surface area (Å²) in [4.78, 5) is 27.2. The molecule has 1 atom stereocenters. The molecule has 0 bridgehead atoms. The molecule has 1 aliphatic heterocycles. The number of nitrogens with one attached hydrogen (secondary N) is 1. The molecule has 1 fully saturated rings. The molecule has 4 rings (SSSR count). The van der Waals surface area contributed by atoms with Gasteiger partial charge < -0.3 is 9.88 Å². The number of aromatic amines is 1. The van der Waals surface area contributed by atoms with Crippen LogP contribution in [0.4, 0.5) is 0 Å². The Morgan fingerprint density at radius 1 is 1.27 bits per heavy atom. The van der Waals surface area contributed by atoms with Gasteiger partial charge in [0.2, 0.25) is 5.91 Å². The third-order valence-corrected chi connectivity index (χ3v) is 5.14. The fourth-order valence-electron chi connectivity index (χ4n) is 3.65. The zero-order valence-corrected chi connectivity index (χ0v) is 15.3. The number of fused-ring (bicyclic) bond motifs is 1. The summed E-state index contributed by atoms with van der Waals surface area (Å²) >= 11 is 0. The van der Waals surface area contributed by atoms with E-state index in [0.29, 0.717) is 6.42 Å². The van der Waals surface area contributed by atoms with E-state index < -0.39 is 0 Å². The number of likely N-dealkylation sites (tertiary alicyclic amines) is 1. The number of carbonyl (C=O) groups excluding carboxylic acids is 1. The van der Waals surface area contributed by atoms with Crippen molar-refractivity contribution < 1.29 is 4.79 Å². The van der Waals surface area contributed by atoms with Crippen LogP contribution in [0.2, 0.25) is 0 Å². The van der Waals surface area contributed by atoms with Crippen LogP contribution in [0.15, 0.2) is 36.5 Å². The number of aryl methyl sites for hydroxylation is 2. The van der Waals surface area contributed by atoms with Gasteiger partial charge in [-0.15, -0.1) is 0 Å². The molecule has 26 heavy (non-hydrogen) atoms. The van der Waals surface area contributed by atoms with Crippen molar-refractivity contribution in [1.82, 2.24) is 19.9 Å². The first-order valence-corrected chi connectivity index (χ1v) is 9.24. The van der Waals surface area contributed by atoms with Crippen LogP contribution in [0.3, 0.4) is 0 Å². The molecule has 1 N–H and O–H groups in total. The van der Waals surface area contributed by atoms with Crippen molar-refractivity contribution in [3.05, 3.63) is 59.2 Å². The van der Waals surface area contributed by atoms with Crippen LogP contribution in [-0.2, 0) is 11.2 Å². The third-order valence-electron chi connectivity index (χ3n) is 5.14. The second-order valence-electron chi connectivity index (χ2n) is 7.31. The van der Waals surface area contributed by atoms with Gasteiger partial charge in [0.25, 0.3) is 0 Å². The van der Waals surface area contributed by atoms with Gasteiger partial charge in [-0.25, -0.2) is 4.98 Å². The highest BCUT2D eigenvalue weighted by molar-refractivity contribution is 5.79. The number of piperidine rings is 1. The van der Waals surface area contributed by atoms with Crippen LogP contribution in [0.1, 0.15) is 41.4 Å². The van der Waals surface area contributed by atoms with Gasteiger partial charge in [0.05, 0.1) is 17.5 Å². The molecule has 5 heteroatoms. The van der Waals surface area contributed by atoms with Crippen molar-refractivity contribution in [2.75, 3.05) is 13.1 Å². The number of hydrogen-bond acceptors (Lipinski definition) is 3. The van der Waals surface area contributed by atoms with Gasteiger partial charge in [-0.3, -0.25) is 9.78 Å². The van der Waals surface area contributed by atoms with E-state index in [1.165, 1.54) is 5.56 Å². The molecule has 3 aromatic rings. The van der Waals surface area contributed by atoms with Crippen LogP contribution in [0.25, 0.3) is 11.0 Å². The molecule has 0 saturated carbocycles. The smallest absolute Gasteiger partial charge is 0.227 e. The summed E-state index contributed by atoms with van der Waals surface area (Å²) in [6, 6.07) is 10.2. The number of pyridine rings is 1. The number of benzene rings is 1. The first kappa shape index (κ1) is 16.8. The average Bonchev–Trinajstić information content (AvgIpc) is 3.07. The second-order valence-corrected chi connectivity index (χ2v) is 7.31. The SMILES string of the molecule is Cc1ccc2nc(C3CCCN(C(=O)Cc4ccc(C)nc4)C3)[nH]c2c1. The number of rotatable bonds is 3. The van der Waals surface area contributed by atoms with Gasteiger partial charge in [0.15, 0.2) is 0 Å². The Hall–Kier alpha value is -2.69. The van der Waals surface area contributed by atoms with Crippen LogP contribution in [0, 0.1) is 13.8 Å². The van der Waals surface area contributed by atoms with E-state index in [2.05, 4.69) is 35.1 Å². The van der Waals surface area contributed by atoms with E-state index in [4.69, 9.17) is 4.98 Å². The van der Waals surface area contributed by atoms with Crippen molar-refractivity contribution in [3.63, 3.8) is 0 Å². The number of amides is 1. The lowest BCUT2D eigenvalue weighted by Crippen LogP contribution is -2.40. The largest absolute Gasteiger partial charge is 0.342 e. The molecule has 2 aromatic heterocycles. The van der Waals surface area contributed by atoms with E-state index in [0.717, 1.165) is 54.0 Å². The second kappa shape index (κ2) is 6.90. The lowest BCUT2D eigenvalue weighted by atomic mass is 9.97. The molecule has 1 saturated heterocycles. The molecule has 3 heterocycles. The van der Waals surface area contributed by atoms with E-state index in [1.807, 2.05) is 24.0 Å². The Balaban J connectivity index is 1.47. The van der Waals surface area contributed by atoms with Gasteiger partial charge in [-0.2, -0.15) is 0 Å². The molecule has 1 aliphatic rings. The Kier molecular flexibility index (Phi) is 4.45. The van der Waals surface area contributed by atoms with Crippen molar-refractivity contribution in [1.29, 1.82) is 0 Å². The predicted molar refractivity (Wildman–Crippen MR) is 102 cm³/mol. The Labute approximate surface area is 153 Å². The highest BCUT2D eigenvalue weighted by Crippen LogP contribution is 2.27. The van der Waals surface area contributed by atoms with Gasteiger partial charge in [-0.05, 0) is 56.0 Å². The maximum absolute atomic E-state index is 12.7. The minimum atomic E-state index is 0.173. The normalized spacial score (nSPS) is 17.6. The molecule has 134 valence electrons. The number of H-pyrrole nitrogens is 1. The summed E-state index contributed by atoms with van der Waals surface area (Å²) in [7, 11) is 0.